The summed E-state index contributed by atoms with van der Waals surface area (Å²) in [6.07, 6.45) is 0. The van der Waals surface area contributed by atoms with E-state index < -0.39 is 10.4 Å². The van der Waals surface area contributed by atoms with Crippen molar-refractivity contribution in [2.75, 3.05) is 7.11 Å². The van der Waals surface area contributed by atoms with Crippen molar-refractivity contribution in [1.29, 1.82) is 0 Å². The number of aromatic nitrogens is 1. The zero-order valence-corrected chi connectivity index (χ0v) is 8.21. The maximum atomic E-state index is 11.6. The Morgan fingerprint density at radius 2 is 2.00 bits per heavy atom. The summed E-state index contributed by atoms with van der Waals surface area (Å²) < 4.78 is 1.43. The first-order valence-corrected chi connectivity index (χ1v) is 4.75. The lowest BCUT2D eigenvalue weighted by atomic mass is 10.3. The molecule has 14 heavy (non-hydrogen) atoms. The average molecular weight is 209 g/mol. The minimum atomic E-state index is -0.410. The summed E-state index contributed by atoms with van der Waals surface area (Å²) in [6, 6.07) is 6.95. The van der Waals surface area contributed by atoms with E-state index in [1.807, 2.05) is 0 Å². The number of benzene rings is 1. The van der Waals surface area contributed by atoms with Gasteiger partial charge < -0.3 is 4.84 Å². The van der Waals surface area contributed by atoms with E-state index in [2.05, 4.69) is 4.84 Å². The Labute approximate surface area is 82.9 Å². The SMILES string of the molecule is COn1c(=O)sc2ccccc2c1=O. The van der Waals surface area contributed by atoms with Crippen molar-refractivity contribution < 1.29 is 4.84 Å². The van der Waals surface area contributed by atoms with Crippen LogP contribution in [0, 0.1) is 0 Å². The van der Waals surface area contributed by atoms with Crippen LogP contribution in [0.2, 0.25) is 0 Å². The summed E-state index contributed by atoms with van der Waals surface area (Å²) in [5.74, 6) is 0. The number of nitrogens with zero attached hydrogens (tertiary/aromatic N) is 1. The fraction of sp³-hybridized carbons (Fsp3) is 0.111. The quantitative estimate of drug-likeness (QED) is 0.686. The molecule has 0 fully saturated rings. The minimum absolute atomic E-state index is 0.406. The van der Waals surface area contributed by atoms with Crippen LogP contribution < -0.4 is 15.3 Å². The van der Waals surface area contributed by atoms with Crippen molar-refractivity contribution in [1.82, 2.24) is 4.73 Å². The molecular formula is C9H7NO3S. The molecule has 0 unspecified atom stereocenters. The van der Waals surface area contributed by atoms with Gasteiger partial charge in [-0.1, -0.05) is 28.2 Å². The van der Waals surface area contributed by atoms with Crippen LogP contribution in [0.1, 0.15) is 0 Å². The molecule has 4 nitrogen and oxygen atoms in total. The second kappa shape index (κ2) is 3.26. The fourth-order valence-electron chi connectivity index (χ4n) is 1.22. The lowest BCUT2D eigenvalue weighted by Gasteiger charge is -2.01. The Hall–Kier alpha value is -1.62. The molecular weight excluding hydrogens is 202 g/mol. The van der Waals surface area contributed by atoms with Crippen molar-refractivity contribution in [2.45, 2.75) is 0 Å². The smallest absolute Gasteiger partial charge is 0.343 e. The molecule has 0 aliphatic heterocycles. The van der Waals surface area contributed by atoms with Crippen molar-refractivity contribution in [3.63, 3.8) is 0 Å². The molecule has 0 atom stereocenters. The van der Waals surface area contributed by atoms with Gasteiger partial charge in [0.2, 0.25) is 0 Å². The van der Waals surface area contributed by atoms with E-state index in [1.165, 1.54) is 7.11 Å². The second-order valence-electron chi connectivity index (χ2n) is 2.65. The average Bonchev–Trinajstić information content (AvgIpc) is 2.18. The molecule has 0 aliphatic carbocycles. The van der Waals surface area contributed by atoms with E-state index in [9.17, 15) is 9.59 Å². The van der Waals surface area contributed by atoms with E-state index >= 15 is 0 Å². The maximum Gasteiger partial charge on any atom is 0.343 e. The van der Waals surface area contributed by atoms with Gasteiger partial charge >= 0.3 is 4.87 Å². The van der Waals surface area contributed by atoms with Crippen LogP contribution in [0.25, 0.3) is 10.1 Å². The monoisotopic (exact) mass is 209 g/mol. The minimum Gasteiger partial charge on any atom is -0.410 e. The highest BCUT2D eigenvalue weighted by Gasteiger charge is 2.06. The summed E-state index contributed by atoms with van der Waals surface area (Å²) in [5, 5.41) is 0.499. The van der Waals surface area contributed by atoms with E-state index in [4.69, 9.17) is 0 Å². The molecule has 2 rings (SSSR count). The third kappa shape index (κ3) is 1.22. The molecule has 1 aromatic carbocycles. The van der Waals surface area contributed by atoms with Crippen LogP contribution in [0.5, 0.6) is 0 Å². The first-order chi connectivity index (χ1) is 6.74. The van der Waals surface area contributed by atoms with Gasteiger partial charge in [-0.3, -0.25) is 9.59 Å². The van der Waals surface area contributed by atoms with E-state index in [0.717, 1.165) is 16.1 Å². The Bertz CT molecular complexity index is 584. The summed E-state index contributed by atoms with van der Waals surface area (Å²) in [5.41, 5.74) is -0.410. The zero-order chi connectivity index (χ0) is 10.1. The van der Waals surface area contributed by atoms with Gasteiger partial charge in [-0.05, 0) is 12.1 Å². The molecule has 1 aromatic heterocycles. The summed E-state index contributed by atoms with van der Waals surface area (Å²) in [6.45, 7) is 0. The van der Waals surface area contributed by atoms with Gasteiger partial charge in [0.25, 0.3) is 5.56 Å². The van der Waals surface area contributed by atoms with Crippen LogP contribution in [0.4, 0.5) is 0 Å². The second-order valence-corrected chi connectivity index (χ2v) is 3.64. The van der Waals surface area contributed by atoms with Gasteiger partial charge in [-0.2, -0.15) is 0 Å². The first-order valence-electron chi connectivity index (χ1n) is 3.93. The highest BCUT2D eigenvalue weighted by Crippen LogP contribution is 2.09. The maximum absolute atomic E-state index is 11.6. The summed E-state index contributed by atoms with van der Waals surface area (Å²) in [4.78, 5) is 27.2. The third-order valence-corrected chi connectivity index (χ3v) is 2.76. The molecule has 0 N–H and O–H groups in total. The van der Waals surface area contributed by atoms with Gasteiger partial charge in [0.1, 0.15) is 7.11 Å². The lowest BCUT2D eigenvalue weighted by molar-refractivity contribution is 0.153. The van der Waals surface area contributed by atoms with Crippen LogP contribution >= 0.6 is 11.3 Å². The Morgan fingerprint density at radius 3 is 2.71 bits per heavy atom. The van der Waals surface area contributed by atoms with E-state index in [-0.39, 0.29) is 0 Å². The van der Waals surface area contributed by atoms with E-state index in [0.29, 0.717) is 10.1 Å². The van der Waals surface area contributed by atoms with Gasteiger partial charge in [-0.15, -0.1) is 0 Å². The molecule has 0 saturated carbocycles. The van der Waals surface area contributed by atoms with Crippen LogP contribution in [-0.2, 0) is 0 Å². The molecule has 72 valence electrons. The van der Waals surface area contributed by atoms with Crippen LogP contribution in [-0.4, -0.2) is 11.8 Å². The van der Waals surface area contributed by atoms with Gasteiger partial charge in [0, 0.05) is 4.70 Å². The van der Waals surface area contributed by atoms with Crippen molar-refractivity contribution in [3.8, 4) is 0 Å². The van der Waals surface area contributed by atoms with Crippen LogP contribution in [0.3, 0.4) is 0 Å². The predicted molar refractivity (Wildman–Crippen MR) is 54.9 cm³/mol. The standard InChI is InChI=1S/C9H7NO3S/c1-13-10-8(11)6-4-2-3-5-7(6)14-9(10)12/h2-5H,1H3. The van der Waals surface area contributed by atoms with E-state index in [1.54, 1.807) is 24.3 Å². The number of hydrogen-bond donors (Lipinski definition) is 0. The van der Waals surface area contributed by atoms with Crippen LogP contribution in [0.15, 0.2) is 33.9 Å². The summed E-state index contributed by atoms with van der Waals surface area (Å²) in [7, 11) is 1.30. The van der Waals surface area contributed by atoms with Crippen molar-refractivity contribution in [3.05, 3.63) is 44.3 Å². The molecule has 0 aliphatic rings. The molecule has 0 spiro atoms. The molecule has 2 aromatic rings. The van der Waals surface area contributed by atoms with Gasteiger partial charge in [-0.25, -0.2) is 0 Å². The fourth-order valence-corrected chi connectivity index (χ4v) is 2.06. The van der Waals surface area contributed by atoms with Crippen molar-refractivity contribution >= 4 is 21.4 Å². The molecule has 0 amide bonds. The number of hydrogen-bond acceptors (Lipinski definition) is 4. The Morgan fingerprint density at radius 1 is 1.29 bits per heavy atom. The topological polar surface area (TPSA) is 48.3 Å². The van der Waals surface area contributed by atoms with Gasteiger partial charge in [0.15, 0.2) is 0 Å². The Kier molecular flexibility index (Phi) is 2.09. The largest absolute Gasteiger partial charge is 0.410 e. The number of rotatable bonds is 1. The zero-order valence-electron chi connectivity index (χ0n) is 7.39. The summed E-state index contributed by atoms with van der Waals surface area (Å²) >= 11 is 0.989. The Balaban J connectivity index is 3.01. The number of fused-ring (bicyclic) bond motifs is 1. The molecule has 1 heterocycles. The first kappa shape index (κ1) is 8.96. The third-order valence-electron chi connectivity index (χ3n) is 1.85. The lowest BCUT2D eigenvalue weighted by Crippen LogP contribution is -2.34. The highest BCUT2D eigenvalue weighted by atomic mass is 32.1. The molecule has 5 heteroatoms. The predicted octanol–water partition coefficient (Wildman–Crippen LogP) is 0.482. The highest BCUT2D eigenvalue weighted by molar-refractivity contribution is 7.16. The van der Waals surface area contributed by atoms with Crippen molar-refractivity contribution in [2.24, 2.45) is 0 Å². The normalized spacial score (nSPS) is 10.4. The molecule has 0 saturated heterocycles. The van der Waals surface area contributed by atoms with Gasteiger partial charge in [0.05, 0.1) is 5.39 Å². The molecule has 0 bridgehead atoms. The molecule has 0 radical (unpaired) electrons.